The van der Waals surface area contributed by atoms with E-state index in [-0.39, 0.29) is 23.2 Å². The summed E-state index contributed by atoms with van der Waals surface area (Å²) >= 11 is 0. The van der Waals surface area contributed by atoms with Crippen LogP contribution in [-0.2, 0) is 20.5 Å². The minimum absolute atomic E-state index is 0.00505. The number of nitrogens with zero attached hydrogens (tertiary/aromatic N) is 1. The van der Waals surface area contributed by atoms with Crippen molar-refractivity contribution in [2.45, 2.75) is 37.1 Å². The Hall–Kier alpha value is -2.73. The summed E-state index contributed by atoms with van der Waals surface area (Å²) in [6.07, 6.45) is 2.12. The van der Waals surface area contributed by atoms with E-state index in [0.29, 0.717) is 18.5 Å². The topological polar surface area (TPSA) is 69.6 Å². The molecule has 4 rings (SSSR count). The predicted octanol–water partition coefficient (Wildman–Crippen LogP) is 3.30. The zero-order chi connectivity index (χ0) is 21.4. The van der Waals surface area contributed by atoms with E-state index >= 15 is 0 Å². The van der Waals surface area contributed by atoms with Crippen LogP contribution in [0.4, 0.5) is 4.39 Å². The summed E-state index contributed by atoms with van der Waals surface area (Å²) in [5, 5.41) is 13.1. The lowest BCUT2D eigenvalue weighted by Gasteiger charge is -2.43. The summed E-state index contributed by atoms with van der Waals surface area (Å²) in [6, 6.07) is 15.9. The Balaban J connectivity index is 1.45. The van der Waals surface area contributed by atoms with E-state index < -0.39 is 11.4 Å². The Labute approximate surface area is 175 Å². The Kier molecular flexibility index (Phi) is 5.36. The minimum atomic E-state index is -0.917. The van der Waals surface area contributed by atoms with Gasteiger partial charge in [0.2, 0.25) is 5.91 Å². The molecule has 1 heterocycles. The third kappa shape index (κ3) is 3.72. The van der Waals surface area contributed by atoms with Gasteiger partial charge in [-0.05, 0) is 48.4 Å². The van der Waals surface area contributed by atoms with Gasteiger partial charge in [0, 0.05) is 26.6 Å². The largest absolute Gasteiger partial charge is 0.481 e. The van der Waals surface area contributed by atoms with Crippen LogP contribution < -0.4 is 5.32 Å². The van der Waals surface area contributed by atoms with E-state index in [4.69, 9.17) is 0 Å². The first kappa shape index (κ1) is 20.5. The zero-order valence-corrected chi connectivity index (χ0v) is 17.1. The van der Waals surface area contributed by atoms with Crippen LogP contribution in [0.15, 0.2) is 54.6 Å². The van der Waals surface area contributed by atoms with Gasteiger partial charge in [0.1, 0.15) is 5.82 Å². The quantitative estimate of drug-likeness (QED) is 0.767. The normalized spacial score (nSPS) is 25.5. The maximum Gasteiger partial charge on any atom is 0.314 e. The van der Waals surface area contributed by atoms with Crippen LogP contribution in [0.25, 0.3) is 0 Å². The summed E-state index contributed by atoms with van der Waals surface area (Å²) < 4.78 is 13.3. The highest BCUT2D eigenvalue weighted by atomic mass is 19.1. The average molecular weight is 410 g/mol. The van der Waals surface area contributed by atoms with Gasteiger partial charge in [0.05, 0.1) is 11.0 Å². The number of carbonyl (C=O) groups excluding carboxylic acids is 1. The second-order valence-electron chi connectivity index (χ2n) is 8.61. The summed E-state index contributed by atoms with van der Waals surface area (Å²) in [6.45, 7) is 3.80. The summed E-state index contributed by atoms with van der Waals surface area (Å²) in [5.74, 6) is -1.24. The van der Waals surface area contributed by atoms with Crippen molar-refractivity contribution in [3.8, 4) is 0 Å². The second-order valence-corrected chi connectivity index (χ2v) is 8.61. The Bertz CT molecular complexity index is 923. The van der Waals surface area contributed by atoms with Gasteiger partial charge in [0.15, 0.2) is 0 Å². The number of rotatable bonds is 6. The lowest BCUT2D eigenvalue weighted by molar-refractivity contribution is -0.140. The first-order valence-electron chi connectivity index (χ1n) is 10.4. The van der Waals surface area contributed by atoms with Gasteiger partial charge in [-0.3, -0.25) is 9.59 Å². The second kappa shape index (κ2) is 7.84. The van der Waals surface area contributed by atoms with Crippen molar-refractivity contribution in [1.29, 1.82) is 0 Å². The van der Waals surface area contributed by atoms with Crippen LogP contribution in [0.1, 0.15) is 37.3 Å². The van der Waals surface area contributed by atoms with Gasteiger partial charge in [0.25, 0.3) is 0 Å². The fraction of sp³-hybridized carbons (Fsp3) is 0.417. The molecule has 1 aliphatic heterocycles. The van der Waals surface area contributed by atoms with Crippen molar-refractivity contribution in [2.24, 2.45) is 5.92 Å². The molecule has 0 radical (unpaired) electrons. The number of piperidine rings is 1. The SMILES string of the molecule is CC(=O)NC1(c2ccccc2)CCN(CC2CC2(C(=O)O)c2ccc(F)cc2)CC1. The highest BCUT2D eigenvalue weighted by Crippen LogP contribution is 2.55. The molecule has 2 aromatic carbocycles. The molecule has 2 aromatic rings. The molecule has 2 fully saturated rings. The van der Waals surface area contributed by atoms with Crippen LogP contribution >= 0.6 is 0 Å². The molecule has 1 aliphatic carbocycles. The number of carboxylic acids is 1. The Morgan fingerprint density at radius 3 is 2.27 bits per heavy atom. The zero-order valence-electron chi connectivity index (χ0n) is 17.1. The minimum Gasteiger partial charge on any atom is -0.481 e. The molecule has 30 heavy (non-hydrogen) atoms. The molecule has 2 atom stereocenters. The lowest BCUT2D eigenvalue weighted by atomic mass is 9.80. The number of benzene rings is 2. The molecule has 0 spiro atoms. The molecule has 0 bridgehead atoms. The molecule has 2 unspecified atom stereocenters. The number of carbonyl (C=O) groups is 2. The summed E-state index contributed by atoms with van der Waals surface area (Å²) in [7, 11) is 0. The third-order valence-corrected chi connectivity index (χ3v) is 6.78. The molecule has 2 aliphatic rings. The molecular weight excluding hydrogens is 383 g/mol. The molecule has 5 nitrogen and oxygen atoms in total. The highest BCUT2D eigenvalue weighted by Gasteiger charge is 2.61. The molecular formula is C24H27FN2O3. The number of nitrogens with one attached hydrogen (secondary N) is 1. The molecule has 6 heteroatoms. The number of likely N-dealkylation sites (tertiary alicyclic amines) is 1. The van der Waals surface area contributed by atoms with Crippen molar-refractivity contribution in [3.63, 3.8) is 0 Å². The smallest absolute Gasteiger partial charge is 0.314 e. The monoisotopic (exact) mass is 410 g/mol. The van der Waals surface area contributed by atoms with E-state index in [0.717, 1.165) is 31.5 Å². The fourth-order valence-corrected chi connectivity index (χ4v) is 5.05. The first-order chi connectivity index (χ1) is 14.4. The molecule has 1 saturated carbocycles. The molecule has 158 valence electrons. The van der Waals surface area contributed by atoms with Gasteiger partial charge in [-0.2, -0.15) is 0 Å². The maximum atomic E-state index is 13.3. The maximum absolute atomic E-state index is 13.3. The van der Waals surface area contributed by atoms with Gasteiger partial charge in [-0.25, -0.2) is 4.39 Å². The van der Waals surface area contributed by atoms with Crippen molar-refractivity contribution >= 4 is 11.9 Å². The van der Waals surface area contributed by atoms with E-state index in [1.165, 1.54) is 12.1 Å². The fourth-order valence-electron chi connectivity index (χ4n) is 5.05. The number of aliphatic carboxylic acids is 1. The highest BCUT2D eigenvalue weighted by molar-refractivity contribution is 5.86. The molecule has 1 amide bonds. The van der Waals surface area contributed by atoms with Gasteiger partial charge < -0.3 is 15.3 Å². The van der Waals surface area contributed by atoms with Crippen molar-refractivity contribution < 1.29 is 19.1 Å². The van der Waals surface area contributed by atoms with Crippen LogP contribution in [0.5, 0.6) is 0 Å². The van der Waals surface area contributed by atoms with E-state index in [1.807, 2.05) is 18.2 Å². The van der Waals surface area contributed by atoms with Crippen molar-refractivity contribution in [1.82, 2.24) is 10.2 Å². The molecule has 1 saturated heterocycles. The standard InChI is InChI=1S/C24H27FN2O3/c1-17(28)26-23(18-5-3-2-4-6-18)11-13-27(14-12-23)16-20-15-24(20,22(29)30)19-7-9-21(25)10-8-19/h2-10,20H,11-16H2,1H3,(H,26,28)(H,29,30). The van der Waals surface area contributed by atoms with E-state index in [2.05, 4.69) is 22.3 Å². The summed E-state index contributed by atoms with van der Waals surface area (Å²) in [4.78, 5) is 26.2. The van der Waals surface area contributed by atoms with Gasteiger partial charge in [-0.1, -0.05) is 42.5 Å². The van der Waals surface area contributed by atoms with E-state index in [9.17, 15) is 19.1 Å². The van der Waals surface area contributed by atoms with Crippen LogP contribution in [-0.4, -0.2) is 41.5 Å². The third-order valence-electron chi connectivity index (χ3n) is 6.78. The lowest BCUT2D eigenvalue weighted by Crippen LogP contribution is -2.53. The first-order valence-corrected chi connectivity index (χ1v) is 10.4. The van der Waals surface area contributed by atoms with Crippen LogP contribution in [0, 0.1) is 11.7 Å². The summed E-state index contributed by atoms with van der Waals surface area (Å²) in [5.41, 5.74) is 0.487. The van der Waals surface area contributed by atoms with Crippen molar-refractivity contribution in [2.75, 3.05) is 19.6 Å². The average Bonchev–Trinajstić information content (AvgIpc) is 3.45. The number of hydrogen-bond donors (Lipinski definition) is 2. The van der Waals surface area contributed by atoms with Crippen LogP contribution in [0.3, 0.4) is 0 Å². The van der Waals surface area contributed by atoms with Gasteiger partial charge in [-0.15, -0.1) is 0 Å². The Morgan fingerprint density at radius 1 is 1.07 bits per heavy atom. The predicted molar refractivity (Wildman–Crippen MR) is 111 cm³/mol. The number of amides is 1. The van der Waals surface area contributed by atoms with E-state index in [1.54, 1.807) is 19.1 Å². The molecule has 2 N–H and O–H groups in total. The Morgan fingerprint density at radius 2 is 1.70 bits per heavy atom. The van der Waals surface area contributed by atoms with Gasteiger partial charge >= 0.3 is 5.97 Å². The molecule has 0 aromatic heterocycles. The number of halogens is 1. The van der Waals surface area contributed by atoms with Crippen LogP contribution in [0.2, 0.25) is 0 Å². The van der Waals surface area contributed by atoms with Crippen molar-refractivity contribution in [3.05, 3.63) is 71.5 Å². The number of carboxylic acid groups (broad SMARTS) is 1. The number of hydrogen-bond acceptors (Lipinski definition) is 3.